The number of amides is 1. The Bertz CT molecular complexity index is 776. The molecule has 2 aromatic carbocycles. The first-order valence-corrected chi connectivity index (χ1v) is 7.86. The summed E-state index contributed by atoms with van der Waals surface area (Å²) in [6.07, 6.45) is 0.438. The normalized spacial score (nSPS) is 11.6. The van der Waals surface area contributed by atoms with Crippen molar-refractivity contribution in [3.63, 3.8) is 0 Å². The zero-order valence-electron chi connectivity index (χ0n) is 14.1. The number of hydrogen-bond donors (Lipinski definition) is 2. The highest BCUT2D eigenvalue weighted by Gasteiger charge is 2.16. The number of aromatic carboxylic acids is 1. The maximum atomic E-state index is 13.4. The van der Waals surface area contributed by atoms with E-state index in [1.165, 1.54) is 31.4 Å². The van der Waals surface area contributed by atoms with Crippen LogP contribution in [0, 0.1) is 5.82 Å². The minimum absolute atomic E-state index is 0.131. The molecule has 0 saturated carbocycles. The van der Waals surface area contributed by atoms with Crippen LogP contribution in [-0.2, 0) is 11.2 Å². The van der Waals surface area contributed by atoms with Crippen LogP contribution >= 0.6 is 0 Å². The number of benzene rings is 2. The number of rotatable bonds is 7. The lowest BCUT2D eigenvalue weighted by molar-refractivity contribution is -0.121. The summed E-state index contributed by atoms with van der Waals surface area (Å²) in [6.45, 7) is 1.74. The number of carbonyl (C=O) groups excluding carboxylic acids is 1. The summed E-state index contributed by atoms with van der Waals surface area (Å²) in [5.74, 6) is -1.19. The van der Waals surface area contributed by atoms with Crippen LogP contribution in [0.15, 0.2) is 42.5 Å². The molecule has 0 radical (unpaired) electrons. The predicted molar refractivity (Wildman–Crippen MR) is 91.2 cm³/mol. The van der Waals surface area contributed by atoms with Gasteiger partial charge < -0.3 is 15.2 Å². The third kappa shape index (κ3) is 4.79. The number of carboxylic acids is 1. The Kier molecular flexibility index (Phi) is 6.11. The molecule has 1 atom stereocenters. The average Bonchev–Trinajstić information content (AvgIpc) is 2.60. The quantitative estimate of drug-likeness (QED) is 0.807. The van der Waals surface area contributed by atoms with Crippen LogP contribution in [0.5, 0.6) is 5.75 Å². The Hall–Kier alpha value is -2.89. The predicted octanol–water partition coefficient (Wildman–Crippen LogP) is 3.34. The number of hydrogen-bond acceptors (Lipinski definition) is 3. The van der Waals surface area contributed by atoms with Crippen LogP contribution in [0.25, 0.3) is 0 Å². The van der Waals surface area contributed by atoms with E-state index in [1.807, 2.05) is 0 Å². The molecular formula is C19H20FNO4. The van der Waals surface area contributed by atoms with Crippen LogP contribution in [0.4, 0.5) is 4.39 Å². The molecule has 0 aliphatic rings. The number of aryl methyl sites for hydroxylation is 1. The summed E-state index contributed by atoms with van der Waals surface area (Å²) < 4.78 is 18.6. The lowest BCUT2D eigenvalue weighted by Gasteiger charge is -2.17. The molecule has 6 heteroatoms. The van der Waals surface area contributed by atoms with Crippen molar-refractivity contribution in [1.82, 2.24) is 5.32 Å². The summed E-state index contributed by atoms with van der Waals surface area (Å²) in [4.78, 5) is 23.4. The molecule has 0 aliphatic carbocycles. The SMILES string of the molecule is COc1ccc(F)cc1C(C)NC(=O)CCc1ccccc1C(=O)O. The van der Waals surface area contributed by atoms with E-state index in [9.17, 15) is 14.0 Å². The maximum Gasteiger partial charge on any atom is 0.335 e. The lowest BCUT2D eigenvalue weighted by Crippen LogP contribution is -2.27. The van der Waals surface area contributed by atoms with Gasteiger partial charge in [0.15, 0.2) is 0 Å². The smallest absolute Gasteiger partial charge is 0.335 e. The highest BCUT2D eigenvalue weighted by molar-refractivity contribution is 5.89. The first-order valence-electron chi connectivity index (χ1n) is 7.86. The van der Waals surface area contributed by atoms with Gasteiger partial charge in [-0.1, -0.05) is 18.2 Å². The summed E-state index contributed by atoms with van der Waals surface area (Å²) in [5.41, 5.74) is 1.33. The van der Waals surface area contributed by atoms with E-state index >= 15 is 0 Å². The fraction of sp³-hybridized carbons (Fsp3) is 0.263. The molecule has 132 valence electrons. The zero-order valence-corrected chi connectivity index (χ0v) is 14.1. The number of carbonyl (C=O) groups is 2. The Morgan fingerprint density at radius 2 is 1.96 bits per heavy atom. The van der Waals surface area contributed by atoms with E-state index < -0.39 is 17.8 Å². The topological polar surface area (TPSA) is 75.6 Å². The number of halogens is 1. The van der Waals surface area contributed by atoms with Gasteiger partial charge in [-0.2, -0.15) is 0 Å². The Balaban J connectivity index is 2.01. The van der Waals surface area contributed by atoms with Gasteiger partial charge >= 0.3 is 5.97 Å². The van der Waals surface area contributed by atoms with E-state index in [-0.39, 0.29) is 17.9 Å². The molecule has 1 unspecified atom stereocenters. The largest absolute Gasteiger partial charge is 0.496 e. The molecule has 2 aromatic rings. The van der Waals surface area contributed by atoms with Crippen molar-refractivity contribution in [1.29, 1.82) is 0 Å². The molecule has 5 nitrogen and oxygen atoms in total. The fourth-order valence-electron chi connectivity index (χ4n) is 2.63. The van der Waals surface area contributed by atoms with Crippen molar-refractivity contribution in [2.45, 2.75) is 25.8 Å². The molecule has 2 N–H and O–H groups in total. The third-order valence-electron chi connectivity index (χ3n) is 3.90. The maximum absolute atomic E-state index is 13.4. The molecule has 0 spiro atoms. The van der Waals surface area contributed by atoms with Crippen LogP contribution in [0.2, 0.25) is 0 Å². The van der Waals surface area contributed by atoms with E-state index in [0.29, 0.717) is 23.3 Å². The molecule has 0 aromatic heterocycles. The first kappa shape index (κ1) is 18.4. The first-order chi connectivity index (χ1) is 11.9. The number of nitrogens with one attached hydrogen (secondary N) is 1. The summed E-state index contributed by atoms with van der Waals surface area (Å²) in [7, 11) is 1.48. The van der Waals surface area contributed by atoms with E-state index in [2.05, 4.69) is 5.32 Å². The minimum Gasteiger partial charge on any atom is -0.496 e. The highest BCUT2D eigenvalue weighted by atomic mass is 19.1. The number of methoxy groups -OCH3 is 1. The molecule has 1 amide bonds. The van der Waals surface area contributed by atoms with Crippen molar-refractivity contribution in [2.75, 3.05) is 7.11 Å². The van der Waals surface area contributed by atoms with Crippen molar-refractivity contribution in [3.8, 4) is 5.75 Å². The summed E-state index contributed by atoms with van der Waals surface area (Å²) >= 11 is 0. The Labute approximate surface area is 145 Å². The van der Waals surface area contributed by atoms with Crippen LogP contribution in [0.3, 0.4) is 0 Å². The second-order valence-electron chi connectivity index (χ2n) is 5.64. The second-order valence-corrected chi connectivity index (χ2v) is 5.64. The molecule has 0 aliphatic heterocycles. The lowest BCUT2D eigenvalue weighted by atomic mass is 10.0. The monoisotopic (exact) mass is 345 g/mol. The van der Waals surface area contributed by atoms with Crippen molar-refractivity contribution in [3.05, 3.63) is 65.0 Å². The van der Waals surface area contributed by atoms with Crippen molar-refractivity contribution >= 4 is 11.9 Å². The molecule has 0 bridgehead atoms. The van der Waals surface area contributed by atoms with Gasteiger partial charge in [0, 0.05) is 12.0 Å². The number of ether oxygens (including phenoxy) is 1. The third-order valence-corrected chi connectivity index (χ3v) is 3.90. The Morgan fingerprint density at radius 1 is 1.24 bits per heavy atom. The summed E-state index contributed by atoms with van der Waals surface area (Å²) in [6, 6.07) is 10.3. The second kappa shape index (κ2) is 8.28. The van der Waals surface area contributed by atoms with Gasteiger partial charge in [-0.05, 0) is 43.2 Å². The molecule has 25 heavy (non-hydrogen) atoms. The molecule has 0 saturated heterocycles. The molecular weight excluding hydrogens is 325 g/mol. The van der Waals surface area contributed by atoms with Crippen molar-refractivity contribution in [2.24, 2.45) is 0 Å². The van der Waals surface area contributed by atoms with Gasteiger partial charge in [0.05, 0.1) is 18.7 Å². The van der Waals surface area contributed by atoms with Gasteiger partial charge in [-0.25, -0.2) is 9.18 Å². The van der Waals surface area contributed by atoms with E-state index in [1.54, 1.807) is 25.1 Å². The molecule has 0 fully saturated rings. The zero-order chi connectivity index (χ0) is 18.4. The van der Waals surface area contributed by atoms with E-state index in [0.717, 1.165) is 0 Å². The van der Waals surface area contributed by atoms with Gasteiger partial charge in [-0.3, -0.25) is 4.79 Å². The van der Waals surface area contributed by atoms with Crippen LogP contribution < -0.4 is 10.1 Å². The highest BCUT2D eigenvalue weighted by Crippen LogP contribution is 2.25. The molecule has 2 rings (SSSR count). The van der Waals surface area contributed by atoms with Gasteiger partial charge in [0.25, 0.3) is 0 Å². The standard InChI is InChI=1S/C19H20FNO4/c1-12(16-11-14(20)8-9-17(16)25-2)21-18(22)10-7-13-5-3-4-6-15(13)19(23)24/h3-6,8-9,11-12H,7,10H2,1-2H3,(H,21,22)(H,23,24). The van der Waals surface area contributed by atoms with Crippen LogP contribution in [0.1, 0.15) is 40.9 Å². The van der Waals surface area contributed by atoms with E-state index in [4.69, 9.17) is 9.84 Å². The minimum atomic E-state index is -1.02. The summed E-state index contributed by atoms with van der Waals surface area (Å²) in [5, 5.41) is 11.9. The van der Waals surface area contributed by atoms with Crippen LogP contribution in [-0.4, -0.2) is 24.1 Å². The average molecular weight is 345 g/mol. The fourth-order valence-corrected chi connectivity index (χ4v) is 2.63. The van der Waals surface area contributed by atoms with Crippen molar-refractivity contribution < 1.29 is 23.8 Å². The Morgan fingerprint density at radius 3 is 2.64 bits per heavy atom. The van der Waals surface area contributed by atoms with Gasteiger partial charge in [-0.15, -0.1) is 0 Å². The molecule has 0 heterocycles. The van der Waals surface area contributed by atoms with Gasteiger partial charge in [0.1, 0.15) is 11.6 Å². The number of carboxylic acid groups (broad SMARTS) is 1. The van der Waals surface area contributed by atoms with Gasteiger partial charge in [0.2, 0.25) is 5.91 Å².